The van der Waals surface area contributed by atoms with Crippen LogP contribution in [0.5, 0.6) is 5.75 Å². The van der Waals surface area contributed by atoms with Crippen LogP contribution in [0.4, 0.5) is 0 Å². The quantitative estimate of drug-likeness (QED) is 0.320. The normalized spacial score (nSPS) is 13.0. The highest BCUT2D eigenvalue weighted by Crippen LogP contribution is 2.30. The van der Waals surface area contributed by atoms with Gasteiger partial charge in [-0.25, -0.2) is 9.59 Å². The molecule has 1 amide bonds. The number of fused-ring (bicyclic) bond motifs is 1. The fraction of sp³-hybridized carbons (Fsp3) is 0.577. The van der Waals surface area contributed by atoms with Crippen LogP contribution in [0.25, 0.3) is 11.0 Å². The Morgan fingerprint density at radius 3 is 2.39 bits per heavy atom. The molecule has 1 aromatic carbocycles. The van der Waals surface area contributed by atoms with Crippen LogP contribution < -0.4 is 15.7 Å². The number of ether oxygens (including phenoxy) is 1. The number of aryl methyl sites for hydroxylation is 2. The number of unbranched alkanes of at least 4 members (excludes halogenated alkanes) is 4. The lowest BCUT2D eigenvalue weighted by molar-refractivity contribution is -0.143. The minimum atomic E-state index is -1.06. The highest BCUT2D eigenvalue weighted by Gasteiger charge is 2.24. The third-order valence-corrected chi connectivity index (χ3v) is 6.07. The Morgan fingerprint density at radius 1 is 1.06 bits per heavy atom. The van der Waals surface area contributed by atoms with Gasteiger partial charge in [0.2, 0.25) is 0 Å². The maximum Gasteiger partial charge on any atom is 0.339 e. The summed E-state index contributed by atoms with van der Waals surface area (Å²) in [5.41, 5.74) is 2.38. The van der Waals surface area contributed by atoms with E-state index < -0.39 is 24.0 Å². The summed E-state index contributed by atoms with van der Waals surface area (Å²) in [7, 11) is 0. The topological polar surface area (TPSA) is 106 Å². The van der Waals surface area contributed by atoms with E-state index in [2.05, 4.69) is 12.2 Å². The van der Waals surface area contributed by atoms with E-state index in [-0.39, 0.29) is 5.63 Å². The predicted octanol–water partition coefficient (Wildman–Crippen LogP) is 5.06. The molecule has 0 aliphatic heterocycles. The van der Waals surface area contributed by atoms with Crippen molar-refractivity contribution in [1.82, 2.24) is 5.32 Å². The maximum atomic E-state index is 12.7. The van der Waals surface area contributed by atoms with Gasteiger partial charge in [0.25, 0.3) is 5.91 Å². The smallest absolute Gasteiger partial charge is 0.339 e. The number of hydrogen-bond acceptors (Lipinski definition) is 5. The molecule has 33 heavy (non-hydrogen) atoms. The van der Waals surface area contributed by atoms with Crippen LogP contribution in [0, 0.1) is 13.8 Å². The Balaban J connectivity index is 2.21. The first-order valence-electron chi connectivity index (χ1n) is 12.0. The lowest BCUT2D eigenvalue weighted by Gasteiger charge is -2.20. The van der Waals surface area contributed by atoms with E-state index >= 15 is 0 Å². The van der Waals surface area contributed by atoms with Crippen molar-refractivity contribution in [2.45, 2.75) is 98.1 Å². The van der Waals surface area contributed by atoms with Crippen molar-refractivity contribution in [2.75, 3.05) is 0 Å². The number of carbonyl (C=O) groups is 2. The Kier molecular flexibility index (Phi) is 9.95. The molecule has 2 N–H and O–H groups in total. The number of carboxylic acid groups (broad SMARTS) is 1. The Morgan fingerprint density at radius 2 is 1.76 bits per heavy atom. The van der Waals surface area contributed by atoms with Gasteiger partial charge in [0, 0.05) is 16.5 Å². The summed E-state index contributed by atoms with van der Waals surface area (Å²) in [5, 5.41) is 12.7. The second-order valence-corrected chi connectivity index (χ2v) is 8.67. The van der Waals surface area contributed by atoms with Crippen molar-refractivity contribution >= 4 is 22.8 Å². The molecule has 0 radical (unpaired) electrons. The van der Waals surface area contributed by atoms with Crippen LogP contribution in [-0.2, 0) is 16.0 Å². The van der Waals surface area contributed by atoms with Gasteiger partial charge in [0.05, 0.1) is 0 Å². The van der Waals surface area contributed by atoms with E-state index in [0.29, 0.717) is 41.7 Å². The van der Waals surface area contributed by atoms with E-state index in [9.17, 15) is 19.5 Å². The van der Waals surface area contributed by atoms with E-state index in [1.54, 1.807) is 19.9 Å². The second-order valence-electron chi connectivity index (χ2n) is 8.67. The lowest BCUT2D eigenvalue weighted by atomic mass is 9.99. The number of benzene rings is 1. The Hall–Kier alpha value is -2.83. The van der Waals surface area contributed by atoms with Crippen LogP contribution in [0.15, 0.2) is 21.3 Å². The van der Waals surface area contributed by atoms with Crippen molar-refractivity contribution in [3.05, 3.63) is 39.2 Å². The summed E-state index contributed by atoms with van der Waals surface area (Å²) in [4.78, 5) is 36.6. The van der Waals surface area contributed by atoms with Gasteiger partial charge >= 0.3 is 11.6 Å². The minimum absolute atomic E-state index is 0.331. The van der Waals surface area contributed by atoms with Crippen molar-refractivity contribution in [3.63, 3.8) is 0 Å². The van der Waals surface area contributed by atoms with Crippen LogP contribution >= 0.6 is 0 Å². The fourth-order valence-electron chi connectivity index (χ4n) is 3.91. The minimum Gasteiger partial charge on any atom is -0.480 e. The SMILES string of the molecule is CCCCCCc1c(C)c2ccc(OC(C)C(=O)NC(CCCC)C(=O)O)c(C)c2oc1=O. The van der Waals surface area contributed by atoms with Crippen molar-refractivity contribution in [1.29, 1.82) is 0 Å². The molecule has 0 saturated heterocycles. The zero-order valence-electron chi connectivity index (χ0n) is 20.5. The van der Waals surface area contributed by atoms with Gasteiger partial charge in [-0.05, 0) is 57.7 Å². The van der Waals surface area contributed by atoms with Crippen molar-refractivity contribution in [2.24, 2.45) is 0 Å². The molecule has 0 aliphatic rings. The average molecular weight is 460 g/mol. The van der Waals surface area contributed by atoms with Gasteiger partial charge in [-0.2, -0.15) is 0 Å². The highest BCUT2D eigenvalue weighted by molar-refractivity contribution is 5.87. The largest absolute Gasteiger partial charge is 0.480 e. The molecule has 0 fully saturated rings. The highest BCUT2D eigenvalue weighted by atomic mass is 16.5. The molecule has 0 saturated carbocycles. The molecule has 2 atom stereocenters. The summed E-state index contributed by atoms with van der Waals surface area (Å²) in [6, 6.07) is 2.66. The first kappa shape index (κ1) is 26.4. The monoisotopic (exact) mass is 459 g/mol. The molecular weight excluding hydrogens is 422 g/mol. The van der Waals surface area contributed by atoms with Gasteiger partial charge in [0.15, 0.2) is 6.10 Å². The molecule has 0 aliphatic carbocycles. The van der Waals surface area contributed by atoms with Gasteiger partial charge < -0.3 is 19.6 Å². The van der Waals surface area contributed by atoms with E-state index in [0.717, 1.165) is 43.1 Å². The van der Waals surface area contributed by atoms with Gasteiger partial charge in [-0.15, -0.1) is 0 Å². The third kappa shape index (κ3) is 6.83. The van der Waals surface area contributed by atoms with Crippen LogP contribution in [-0.4, -0.2) is 29.1 Å². The number of nitrogens with one attached hydrogen (secondary N) is 1. The molecule has 2 unspecified atom stereocenters. The molecule has 0 bridgehead atoms. The number of carboxylic acids is 1. The summed E-state index contributed by atoms with van der Waals surface area (Å²) >= 11 is 0. The van der Waals surface area contributed by atoms with E-state index in [4.69, 9.17) is 9.15 Å². The van der Waals surface area contributed by atoms with Crippen LogP contribution in [0.3, 0.4) is 0 Å². The molecule has 2 aromatic rings. The number of rotatable bonds is 13. The molecule has 0 spiro atoms. The number of amides is 1. The number of aliphatic carboxylic acids is 1. The summed E-state index contributed by atoms with van der Waals surface area (Å²) in [6.45, 7) is 9.40. The van der Waals surface area contributed by atoms with E-state index in [1.165, 1.54) is 0 Å². The van der Waals surface area contributed by atoms with Crippen LogP contribution in [0.2, 0.25) is 0 Å². The first-order chi connectivity index (χ1) is 15.7. The second kappa shape index (κ2) is 12.4. The van der Waals surface area contributed by atoms with Crippen molar-refractivity contribution in [3.8, 4) is 5.75 Å². The van der Waals surface area contributed by atoms with E-state index in [1.807, 2.05) is 19.9 Å². The predicted molar refractivity (Wildman–Crippen MR) is 129 cm³/mol. The molecule has 182 valence electrons. The molecule has 1 aromatic heterocycles. The molecular formula is C26H37NO6. The standard InChI is InChI=1S/C26H37NO6/c1-6-8-10-11-12-20-16(3)19-14-15-22(17(4)23(19)33-26(20)31)32-18(5)24(28)27-21(25(29)30)13-9-7-2/h14-15,18,21H,6-13H2,1-5H3,(H,27,28)(H,29,30). The van der Waals surface area contributed by atoms with Crippen molar-refractivity contribution < 1.29 is 23.8 Å². The summed E-state index contributed by atoms with van der Waals surface area (Å²) in [6.07, 6.45) is 6.02. The summed E-state index contributed by atoms with van der Waals surface area (Å²) in [5.74, 6) is -1.14. The molecule has 1 heterocycles. The lowest BCUT2D eigenvalue weighted by Crippen LogP contribution is -2.46. The first-order valence-corrected chi connectivity index (χ1v) is 12.0. The van der Waals surface area contributed by atoms with Gasteiger partial charge in [-0.1, -0.05) is 46.0 Å². The fourth-order valence-corrected chi connectivity index (χ4v) is 3.91. The molecule has 7 nitrogen and oxygen atoms in total. The third-order valence-electron chi connectivity index (χ3n) is 6.07. The Bertz CT molecular complexity index is 1030. The van der Waals surface area contributed by atoms with Crippen LogP contribution in [0.1, 0.15) is 82.4 Å². The molecule has 2 rings (SSSR count). The van der Waals surface area contributed by atoms with Gasteiger partial charge in [-0.3, -0.25) is 4.79 Å². The zero-order chi connectivity index (χ0) is 24.5. The molecule has 7 heteroatoms. The zero-order valence-corrected chi connectivity index (χ0v) is 20.5. The Labute approximate surface area is 195 Å². The number of carbonyl (C=O) groups excluding carboxylic acids is 1. The van der Waals surface area contributed by atoms with Gasteiger partial charge in [0.1, 0.15) is 17.4 Å². The summed E-state index contributed by atoms with van der Waals surface area (Å²) < 4.78 is 11.5. The number of hydrogen-bond donors (Lipinski definition) is 2. The average Bonchev–Trinajstić information content (AvgIpc) is 2.77. The maximum absolute atomic E-state index is 12.7.